The Hall–Kier alpha value is -3.04. The highest BCUT2D eigenvalue weighted by Gasteiger charge is 2.19. The van der Waals surface area contributed by atoms with E-state index in [0.29, 0.717) is 29.4 Å². The van der Waals surface area contributed by atoms with Gasteiger partial charge in [-0.05, 0) is 43.2 Å². The van der Waals surface area contributed by atoms with Crippen LogP contribution in [0.2, 0.25) is 5.02 Å². The molecule has 0 bridgehead atoms. The molecule has 0 aliphatic carbocycles. The zero-order valence-electron chi connectivity index (χ0n) is 18.8. The van der Waals surface area contributed by atoms with Crippen molar-refractivity contribution in [2.45, 2.75) is 26.3 Å². The van der Waals surface area contributed by atoms with E-state index >= 15 is 0 Å². The molecule has 1 heterocycles. The first kappa shape index (κ1) is 24.6. The number of halogens is 1. The Kier molecular flexibility index (Phi) is 7.99. The molecule has 176 valence electrons. The predicted molar refractivity (Wildman–Crippen MR) is 130 cm³/mol. The Morgan fingerprint density at radius 3 is 2.64 bits per heavy atom. The highest BCUT2D eigenvalue weighted by atomic mass is 35.5. The molecule has 0 aliphatic rings. The van der Waals surface area contributed by atoms with Crippen molar-refractivity contribution in [3.8, 4) is 11.4 Å². The van der Waals surface area contributed by atoms with Crippen molar-refractivity contribution in [3.05, 3.63) is 71.3 Å². The van der Waals surface area contributed by atoms with Gasteiger partial charge in [-0.15, -0.1) is 0 Å². The number of anilines is 1. The fourth-order valence-electron chi connectivity index (χ4n) is 3.49. The summed E-state index contributed by atoms with van der Waals surface area (Å²) in [5.74, 6) is 1.15. The van der Waals surface area contributed by atoms with E-state index < -0.39 is 10.0 Å². The number of benzene rings is 2. The highest BCUT2D eigenvalue weighted by Crippen LogP contribution is 2.30. The van der Waals surface area contributed by atoms with Gasteiger partial charge in [0.25, 0.3) is 0 Å². The highest BCUT2D eigenvalue weighted by molar-refractivity contribution is 7.92. The SMILES string of the molecule is COc1ccc(N(CCCC(=O)NCc2ccccc2-n2ccnc2C)S(C)(=O)=O)cc1Cl. The monoisotopic (exact) mass is 490 g/mol. The number of carbonyl (C=O) groups excluding carboxylic acids is 1. The lowest BCUT2D eigenvalue weighted by Gasteiger charge is -2.23. The van der Waals surface area contributed by atoms with Crippen LogP contribution in [0.1, 0.15) is 24.2 Å². The van der Waals surface area contributed by atoms with E-state index in [1.165, 1.54) is 17.5 Å². The van der Waals surface area contributed by atoms with Gasteiger partial charge in [-0.2, -0.15) is 0 Å². The summed E-state index contributed by atoms with van der Waals surface area (Å²) < 4.78 is 32.9. The number of hydrogen-bond donors (Lipinski definition) is 1. The van der Waals surface area contributed by atoms with Crippen LogP contribution in [0.4, 0.5) is 5.69 Å². The summed E-state index contributed by atoms with van der Waals surface area (Å²) in [6.07, 6.45) is 5.27. The number of rotatable bonds is 10. The third-order valence-corrected chi connectivity index (χ3v) is 6.63. The molecule has 1 amide bonds. The van der Waals surface area contributed by atoms with Crippen molar-refractivity contribution < 1.29 is 17.9 Å². The minimum atomic E-state index is -3.55. The number of nitrogens with zero attached hydrogens (tertiary/aromatic N) is 3. The molecule has 0 fully saturated rings. The maximum atomic E-state index is 12.5. The minimum absolute atomic E-state index is 0.153. The van der Waals surface area contributed by atoms with Crippen LogP contribution in [0, 0.1) is 6.92 Å². The third-order valence-electron chi connectivity index (χ3n) is 5.14. The van der Waals surface area contributed by atoms with Crippen LogP contribution in [-0.4, -0.2) is 43.8 Å². The molecule has 3 rings (SSSR count). The van der Waals surface area contributed by atoms with Crippen LogP contribution in [0.15, 0.2) is 54.9 Å². The third kappa shape index (κ3) is 6.27. The number of hydrogen-bond acceptors (Lipinski definition) is 5. The summed E-state index contributed by atoms with van der Waals surface area (Å²) in [6, 6.07) is 12.6. The Balaban J connectivity index is 1.60. The van der Waals surface area contributed by atoms with Gasteiger partial charge < -0.3 is 14.6 Å². The van der Waals surface area contributed by atoms with Gasteiger partial charge in [-0.1, -0.05) is 29.8 Å². The molecule has 0 unspecified atom stereocenters. The van der Waals surface area contributed by atoms with Crippen LogP contribution < -0.4 is 14.4 Å². The number of aryl methyl sites for hydroxylation is 1. The average molecular weight is 491 g/mol. The first-order chi connectivity index (χ1) is 15.7. The number of para-hydroxylation sites is 1. The fraction of sp³-hybridized carbons (Fsp3) is 0.304. The van der Waals surface area contributed by atoms with Crippen LogP contribution in [0.25, 0.3) is 5.69 Å². The molecular weight excluding hydrogens is 464 g/mol. The van der Waals surface area contributed by atoms with E-state index in [-0.39, 0.29) is 18.9 Å². The minimum Gasteiger partial charge on any atom is -0.495 e. The second-order valence-corrected chi connectivity index (χ2v) is 9.82. The second kappa shape index (κ2) is 10.7. The van der Waals surface area contributed by atoms with Gasteiger partial charge in [0.05, 0.1) is 29.8 Å². The number of amides is 1. The molecule has 0 spiro atoms. The Morgan fingerprint density at radius 1 is 1.24 bits per heavy atom. The van der Waals surface area contributed by atoms with Crippen molar-refractivity contribution in [2.75, 3.05) is 24.2 Å². The van der Waals surface area contributed by atoms with Crippen molar-refractivity contribution in [2.24, 2.45) is 0 Å². The second-order valence-electron chi connectivity index (χ2n) is 7.51. The zero-order valence-corrected chi connectivity index (χ0v) is 20.4. The van der Waals surface area contributed by atoms with Gasteiger partial charge in [-0.25, -0.2) is 13.4 Å². The maximum Gasteiger partial charge on any atom is 0.232 e. The summed E-state index contributed by atoms with van der Waals surface area (Å²) in [7, 11) is -2.06. The van der Waals surface area contributed by atoms with E-state index in [0.717, 1.165) is 23.3 Å². The topological polar surface area (TPSA) is 93.5 Å². The summed E-state index contributed by atoms with van der Waals surface area (Å²) in [6.45, 7) is 2.43. The zero-order chi connectivity index (χ0) is 24.0. The van der Waals surface area contributed by atoms with Crippen LogP contribution in [0.5, 0.6) is 5.75 Å². The first-order valence-corrected chi connectivity index (χ1v) is 12.6. The number of carbonyl (C=O) groups is 1. The molecule has 2 aromatic carbocycles. The molecule has 8 nitrogen and oxygen atoms in total. The lowest BCUT2D eigenvalue weighted by molar-refractivity contribution is -0.121. The van der Waals surface area contributed by atoms with E-state index in [1.807, 2.05) is 42.0 Å². The predicted octanol–water partition coefficient (Wildman–Crippen LogP) is 3.71. The number of aromatic nitrogens is 2. The van der Waals surface area contributed by atoms with E-state index in [9.17, 15) is 13.2 Å². The number of ether oxygens (including phenoxy) is 1. The molecule has 10 heteroatoms. The smallest absolute Gasteiger partial charge is 0.232 e. The molecule has 1 N–H and O–H groups in total. The van der Waals surface area contributed by atoms with Gasteiger partial charge in [0, 0.05) is 31.9 Å². The quantitative estimate of drug-likeness (QED) is 0.467. The Morgan fingerprint density at radius 2 is 2.00 bits per heavy atom. The van der Waals surface area contributed by atoms with E-state index in [2.05, 4.69) is 10.3 Å². The van der Waals surface area contributed by atoms with Gasteiger partial charge in [-0.3, -0.25) is 9.10 Å². The summed E-state index contributed by atoms with van der Waals surface area (Å²) in [5, 5.41) is 3.23. The first-order valence-electron chi connectivity index (χ1n) is 10.4. The molecule has 0 saturated carbocycles. The fourth-order valence-corrected chi connectivity index (χ4v) is 4.70. The average Bonchev–Trinajstić information content (AvgIpc) is 3.20. The number of imidazole rings is 1. The Labute approximate surface area is 199 Å². The molecule has 33 heavy (non-hydrogen) atoms. The Bertz CT molecular complexity index is 1230. The molecular formula is C23H27ClN4O4S. The number of methoxy groups -OCH3 is 1. The summed E-state index contributed by atoms with van der Waals surface area (Å²) >= 11 is 6.15. The van der Waals surface area contributed by atoms with Crippen molar-refractivity contribution in [1.82, 2.24) is 14.9 Å². The molecule has 1 aromatic heterocycles. The summed E-state index contributed by atoms with van der Waals surface area (Å²) in [5.41, 5.74) is 2.33. The van der Waals surface area contributed by atoms with E-state index in [1.54, 1.807) is 18.3 Å². The van der Waals surface area contributed by atoms with Crippen molar-refractivity contribution in [1.29, 1.82) is 0 Å². The van der Waals surface area contributed by atoms with Gasteiger partial charge in [0.2, 0.25) is 15.9 Å². The maximum absolute atomic E-state index is 12.5. The molecule has 0 atom stereocenters. The van der Waals surface area contributed by atoms with Crippen LogP contribution >= 0.6 is 11.6 Å². The lowest BCUT2D eigenvalue weighted by atomic mass is 10.1. The van der Waals surface area contributed by atoms with Gasteiger partial charge >= 0.3 is 0 Å². The molecule has 0 saturated heterocycles. The standard InChI is InChI=1S/C23H27ClN4O4S/c1-17-25-12-14-27(17)21-8-5-4-7-18(21)16-26-23(29)9-6-13-28(33(3,30)31)19-10-11-22(32-2)20(24)15-19/h4-5,7-8,10-12,14-15H,6,9,13,16H2,1-3H3,(H,26,29). The van der Waals surface area contributed by atoms with Crippen molar-refractivity contribution >= 4 is 33.2 Å². The van der Waals surface area contributed by atoms with Crippen LogP contribution in [-0.2, 0) is 21.4 Å². The molecule has 3 aromatic rings. The molecule has 0 radical (unpaired) electrons. The van der Waals surface area contributed by atoms with Crippen molar-refractivity contribution in [3.63, 3.8) is 0 Å². The van der Waals surface area contributed by atoms with Gasteiger partial charge in [0.15, 0.2) is 0 Å². The lowest BCUT2D eigenvalue weighted by Crippen LogP contribution is -2.32. The number of nitrogens with one attached hydrogen (secondary N) is 1. The van der Waals surface area contributed by atoms with Gasteiger partial charge in [0.1, 0.15) is 11.6 Å². The molecule has 0 aliphatic heterocycles. The largest absolute Gasteiger partial charge is 0.495 e. The van der Waals surface area contributed by atoms with E-state index in [4.69, 9.17) is 16.3 Å². The number of sulfonamides is 1. The normalized spacial score (nSPS) is 11.3. The van der Waals surface area contributed by atoms with Crippen LogP contribution in [0.3, 0.4) is 0 Å². The summed E-state index contributed by atoms with van der Waals surface area (Å²) in [4.78, 5) is 16.7.